The number of amides is 2. The second-order valence-electron chi connectivity index (χ2n) is 7.31. The van der Waals surface area contributed by atoms with Crippen molar-refractivity contribution in [1.29, 1.82) is 0 Å². The number of aromatic nitrogens is 3. The Hall–Kier alpha value is -2.37. The number of rotatable bonds is 2. The van der Waals surface area contributed by atoms with Crippen molar-refractivity contribution >= 4 is 12.0 Å². The molecule has 3 heterocycles. The number of carbonyl (C=O) groups excluding carboxylic acids is 1. The van der Waals surface area contributed by atoms with Gasteiger partial charge in [-0.25, -0.2) is 9.48 Å². The lowest BCUT2D eigenvalue weighted by molar-refractivity contribution is 0.209. The lowest BCUT2D eigenvalue weighted by atomic mass is 9.96. The predicted molar refractivity (Wildman–Crippen MR) is 96.7 cm³/mol. The summed E-state index contributed by atoms with van der Waals surface area (Å²) in [5, 5.41) is 7.32. The maximum atomic E-state index is 12.7. The largest absolute Gasteiger partial charge is 0.324 e. The first-order chi connectivity index (χ1) is 12.1. The fourth-order valence-electron chi connectivity index (χ4n) is 3.90. The van der Waals surface area contributed by atoms with Crippen LogP contribution in [-0.2, 0) is 13.0 Å². The molecule has 132 valence electrons. The topological polar surface area (TPSA) is 63.1 Å². The summed E-state index contributed by atoms with van der Waals surface area (Å²) in [4.78, 5) is 19.1. The Bertz CT molecular complexity index is 743. The van der Waals surface area contributed by atoms with E-state index in [9.17, 15) is 4.79 Å². The van der Waals surface area contributed by atoms with Crippen LogP contribution in [0.5, 0.6) is 0 Å². The molecule has 2 aliphatic rings. The number of urea groups is 1. The molecule has 2 aliphatic heterocycles. The van der Waals surface area contributed by atoms with Crippen LogP contribution in [0.3, 0.4) is 0 Å². The molecule has 0 spiro atoms. The molecule has 0 aliphatic carbocycles. The first-order valence-corrected chi connectivity index (χ1v) is 9.18. The zero-order valence-corrected chi connectivity index (χ0v) is 14.9. The maximum Gasteiger partial charge on any atom is 0.324 e. The van der Waals surface area contributed by atoms with Gasteiger partial charge in [0.25, 0.3) is 0 Å². The van der Waals surface area contributed by atoms with Crippen LogP contribution in [0.4, 0.5) is 10.7 Å². The molecule has 0 unspecified atom stereocenters. The van der Waals surface area contributed by atoms with E-state index < -0.39 is 0 Å². The molecule has 6 nitrogen and oxygen atoms in total. The number of hydrogen-bond acceptors (Lipinski definition) is 3. The first-order valence-electron chi connectivity index (χ1n) is 9.18. The van der Waals surface area contributed by atoms with E-state index in [1.54, 1.807) is 0 Å². The van der Waals surface area contributed by atoms with Gasteiger partial charge in [-0.05, 0) is 38.7 Å². The van der Waals surface area contributed by atoms with Gasteiger partial charge in [0.05, 0.1) is 0 Å². The van der Waals surface area contributed by atoms with E-state index in [-0.39, 0.29) is 12.1 Å². The van der Waals surface area contributed by atoms with E-state index in [1.165, 1.54) is 11.1 Å². The zero-order valence-electron chi connectivity index (χ0n) is 14.9. The Morgan fingerprint density at radius 1 is 1.24 bits per heavy atom. The number of anilines is 1. The molecule has 2 aromatic rings. The average Bonchev–Trinajstić information content (AvgIpc) is 3.18. The van der Waals surface area contributed by atoms with Gasteiger partial charge in [-0.2, -0.15) is 4.98 Å². The minimum absolute atomic E-state index is 0.0925. The highest BCUT2D eigenvalue weighted by atomic mass is 16.2. The summed E-state index contributed by atoms with van der Waals surface area (Å²) >= 11 is 0. The molecule has 0 saturated carbocycles. The van der Waals surface area contributed by atoms with E-state index >= 15 is 0 Å². The SMILES string of the molecule is Cc1ccc([C@H]2C[C@@H](C)N(C(=O)Nc3nc4n(n3)CCCC4)C2)cc1. The summed E-state index contributed by atoms with van der Waals surface area (Å²) in [6.07, 6.45) is 4.21. The number of likely N-dealkylation sites (tertiary alicyclic amines) is 1. The number of carbonyl (C=O) groups is 1. The van der Waals surface area contributed by atoms with E-state index in [0.717, 1.165) is 44.6 Å². The van der Waals surface area contributed by atoms with Gasteiger partial charge in [-0.15, -0.1) is 5.10 Å². The third kappa shape index (κ3) is 3.25. The third-order valence-corrected chi connectivity index (χ3v) is 5.37. The van der Waals surface area contributed by atoms with Gasteiger partial charge in [0.2, 0.25) is 5.95 Å². The minimum atomic E-state index is -0.0925. The molecule has 1 fully saturated rings. The lowest BCUT2D eigenvalue weighted by Crippen LogP contribution is -2.37. The summed E-state index contributed by atoms with van der Waals surface area (Å²) in [6, 6.07) is 8.76. The highest BCUT2D eigenvalue weighted by Crippen LogP contribution is 2.32. The normalized spacial score (nSPS) is 22.7. The summed E-state index contributed by atoms with van der Waals surface area (Å²) in [6.45, 7) is 5.84. The molecule has 25 heavy (non-hydrogen) atoms. The Kier molecular flexibility index (Phi) is 4.19. The van der Waals surface area contributed by atoms with E-state index in [1.807, 2.05) is 9.58 Å². The monoisotopic (exact) mass is 339 g/mol. The standard InChI is InChI=1S/C19H25N5O/c1-13-6-8-15(9-7-13)16-11-14(2)23(12-16)19(25)21-18-20-17-5-3-4-10-24(17)22-18/h6-9,14,16H,3-5,10-12H2,1-2H3,(H,21,22,25)/t14-,16+/m1/s1. The predicted octanol–water partition coefficient (Wildman–Crippen LogP) is 3.33. The second kappa shape index (κ2) is 6.50. The van der Waals surface area contributed by atoms with Gasteiger partial charge in [0.15, 0.2) is 0 Å². The number of aryl methyl sites for hydroxylation is 3. The van der Waals surface area contributed by atoms with Crippen LogP contribution >= 0.6 is 0 Å². The fraction of sp³-hybridized carbons (Fsp3) is 0.526. The van der Waals surface area contributed by atoms with Crippen molar-refractivity contribution in [3.63, 3.8) is 0 Å². The molecular weight excluding hydrogens is 314 g/mol. The van der Waals surface area contributed by atoms with Crippen LogP contribution in [-0.4, -0.2) is 38.3 Å². The number of fused-ring (bicyclic) bond motifs is 1. The van der Waals surface area contributed by atoms with Crippen molar-refractivity contribution in [2.24, 2.45) is 0 Å². The Morgan fingerprint density at radius 3 is 2.80 bits per heavy atom. The van der Waals surface area contributed by atoms with Gasteiger partial charge in [0.1, 0.15) is 5.82 Å². The second-order valence-corrected chi connectivity index (χ2v) is 7.31. The number of nitrogens with zero attached hydrogens (tertiary/aromatic N) is 4. The van der Waals surface area contributed by atoms with Crippen molar-refractivity contribution in [3.8, 4) is 0 Å². The van der Waals surface area contributed by atoms with Crippen LogP contribution in [0.15, 0.2) is 24.3 Å². The Balaban J connectivity index is 1.43. The first kappa shape index (κ1) is 16.1. The summed E-state index contributed by atoms with van der Waals surface area (Å²) < 4.78 is 1.92. The van der Waals surface area contributed by atoms with Crippen molar-refractivity contribution in [1.82, 2.24) is 19.7 Å². The molecule has 2 atom stereocenters. The minimum Gasteiger partial charge on any atom is -0.321 e. The van der Waals surface area contributed by atoms with Crippen molar-refractivity contribution in [2.45, 2.75) is 58.0 Å². The number of nitrogens with one attached hydrogen (secondary N) is 1. The fourth-order valence-corrected chi connectivity index (χ4v) is 3.90. The molecule has 1 aromatic heterocycles. The Labute approximate surface area is 148 Å². The lowest BCUT2D eigenvalue weighted by Gasteiger charge is -2.20. The smallest absolute Gasteiger partial charge is 0.321 e. The average molecular weight is 339 g/mol. The van der Waals surface area contributed by atoms with E-state index in [2.05, 4.69) is 53.5 Å². The van der Waals surface area contributed by atoms with Gasteiger partial charge in [-0.1, -0.05) is 29.8 Å². The van der Waals surface area contributed by atoms with E-state index in [4.69, 9.17) is 0 Å². The van der Waals surface area contributed by atoms with Gasteiger partial charge in [-0.3, -0.25) is 5.32 Å². The number of benzene rings is 1. The molecule has 2 amide bonds. The van der Waals surface area contributed by atoms with Crippen molar-refractivity contribution < 1.29 is 4.79 Å². The highest BCUT2D eigenvalue weighted by molar-refractivity contribution is 5.88. The van der Waals surface area contributed by atoms with Crippen molar-refractivity contribution in [3.05, 3.63) is 41.2 Å². The van der Waals surface area contributed by atoms with Crippen molar-refractivity contribution in [2.75, 3.05) is 11.9 Å². The van der Waals surface area contributed by atoms with Crippen LogP contribution < -0.4 is 5.32 Å². The highest BCUT2D eigenvalue weighted by Gasteiger charge is 2.33. The molecule has 0 radical (unpaired) electrons. The summed E-state index contributed by atoms with van der Waals surface area (Å²) in [7, 11) is 0. The molecule has 1 aromatic carbocycles. The van der Waals surface area contributed by atoms with Gasteiger partial charge >= 0.3 is 6.03 Å². The summed E-state index contributed by atoms with van der Waals surface area (Å²) in [5.41, 5.74) is 2.57. The van der Waals surface area contributed by atoms with Gasteiger partial charge < -0.3 is 4.90 Å². The molecular formula is C19H25N5O. The van der Waals surface area contributed by atoms with Crippen LogP contribution in [0.1, 0.15) is 49.1 Å². The molecule has 1 saturated heterocycles. The maximum absolute atomic E-state index is 12.7. The van der Waals surface area contributed by atoms with Crippen LogP contribution in [0, 0.1) is 6.92 Å². The zero-order chi connectivity index (χ0) is 17.4. The van der Waals surface area contributed by atoms with Crippen LogP contribution in [0.2, 0.25) is 0 Å². The Morgan fingerprint density at radius 2 is 2.04 bits per heavy atom. The van der Waals surface area contributed by atoms with Crippen LogP contribution in [0.25, 0.3) is 0 Å². The van der Waals surface area contributed by atoms with Gasteiger partial charge in [0, 0.05) is 31.5 Å². The molecule has 1 N–H and O–H groups in total. The molecule has 6 heteroatoms. The number of hydrogen-bond donors (Lipinski definition) is 1. The molecule has 4 rings (SSSR count). The molecule has 0 bridgehead atoms. The summed E-state index contributed by atoms with van der Waals surface area (Å²) in [5.74, 6) is 1.81. The van der Waals surface area contributed by atoms with E-state index in [0.29, 0.717) is 11.9 Å². The third-order valence-electron chi connectivity index (χ3n) is 5.37. The quantitative estimate of drug-likeness (QED) is 0.913.